The lowest BCUT2D eigenvalue weighted by atomic mass is 9.80. The smallest absolute Gasteiger partial charge is 0.119 e. The molecule has 0 radical (unpaired) electrons. The topological polar surface area (TPSA) is 9.23 Å². The van der Waals surface area contributed by atoms with Gasteiger partial charge < -0.3 is 4.74 Å². The van der Waals surface area contributed by atoms with E-state index < -0.39 is 0 Å². The van der Waals surface area contributed by atoms with Gasteiger partial charge in [-0.3, -0.25) is 0 Å². The lowest BCUT2D eigenvalue weighted by Crippen LogP contribution is -2.12. The minimum absolute atomic E-state index is 0.737. The minimum Gasteiger partial charge on any atom is -0.494 e. The quantitative estimate of drug-likeness (QED) is 0.375. The van der Waals surface area contributed by atoms with E-state index in [4.69, 9.17) is 4.74 Å². The number of allylic oxidation sites excluding steroid dienone is 2. The molecule has 0 unspecified atom stereocenters. The van der Waals surface area contributed by atoms with Gasteiger partial charge in [-0.1, -0.05) is 57.4 Å². The number of ether oxygens (including phenoxy) is 1. The summed E-state index contributed by atoms with van der Waals surface area (Å²) in [4.78, 5) is 0. The van der Waals surface area contributed by atoms with Crippen LogP contribution in [0.3, 0.4) is 0 Å². The second-order valence-corrected chi connectivity index (χ2v) is 7.28. The molecule has 1 nitrogen and oxygen atoms in total. The fraction of sp³-hybridized carbons (Fsp3) is 0.583. The van der Waals surface area contributed by atoms with Crippen molar-refractivity contribution in [3.8, 4) is 17.6 Å². The zero-order valence-electron chi connectivity index (χ0n) is 16.1. The summed E-state index contributed by atoms with van der Waals surface area (Å²) in [5.74, 6) is 9.08. The second kappa shape index (κ2) is 11.8. The molecule has 0 heterocycles. The van der Waals surface area contributed by atoms with E-state index in [1.165, 1.54) is 51.4 Å². The minimum atomic E-state index is 0.737. The number of rotatable bonds is 8. The van der Waals surface area contributed by atoms with E-state index >= 15 is 0 Å². The van der Waals surface area contributed by atoms with Gasteiger partial charge >= 0.3 is 0 Å². The molecule has 1 fully saturated rings. The van der Waals surface area contributed by atoms with Crippen LogP contribution in [-0.2, 0) is 0 Å². The van der Waals surface area contributed by atoms with Crippen molar-refractivity contribution in [1.82, 2.24) is 0 Å². The first-order valence-electron chi connectivity index (χ1n) is 10.2. The van der Waals surface area contributed by atoms with E-state index in [9.17, 15) is 0 Å². The Kier molecular flexibility index (Phi) is 9.27. The van der Waals surface area contributed by atoms with Gasteiger partial charge in [0.05, 0.1) is 6.61 Å². The zero-order chi connectivity index (χ0) is 17.7. The van der Waals surface area contributed by atoms with Crippen LogP contribution in [-0.4, -0.2) is 6.61 Å². The molecule has 1 saturated carbocycles. The van der Waals surface area contributed by atoms with Crippen molar-refractivity contribution in [1.29, 1.82) is 0 Å². The standard InChI is InChI=1S/C24H34O/c1-3-5-8-20-25-24-18-16-23(17-19-24)11-7-6-10-22-14-12-21(9-4-2)13-15-22/h6,10,16-19,21-22H,3-5,8-9,12-15,20H2,1-2H3/b10-6+. The largest absolute Gasteiger partial charge is 0.494 e. The number of hydrogen-bond donors (Lipinski definition) is 0. The molecule has 0 spiro atoms. The Morgan fingerprint density at radius 1 is 1.00 bits per heavy atom. The van der Waals surface area contributed by atoms with Crippen molar-refractivity contribution >= 4 is 0 Å². The lowest BCUT2D eigenvalue weighted by Gasteiger charge is -2.26. The molecule has 1 aliphatic carbocycles. The molecule has 0 N–H and O–H groups in total. The lowest BCUT2D eigenvalue weighted by molar-refractivity contribution is 0.294. The van der Waals surface area contributed by atoms with Crippen LogP contribution in [0.25, 0.3) is 0 Å². The van der Waals surface area contributed by atoms with Gasteiger partial charge in [0.25, 0.3) is 0 Å². The van der Waals surface area contributed by atoms with E-state index in [1.54, 1.807) is 0 Å². The van der Waals surface area contributed by atoms with Gasteiger partial charge in [-0.2, -0.15) is 0 Å². The average molecular weight is 339 g/mol. The predicted molar refractivity (Wildman–Crippen MR) is 108 cm³/mol. The van der Waals surface area contributed by atoms with E-state index in [2.05, 4.69) is 37.8 Å². The summed E-state index contributed by atoms with van der Waals surface area (Å²) in [6, 6.07) is 8.14. The van der Waals surface area contributed by atoms with Crippen molar-refractivity contribution < 1.29 is 4.74 Å². The van der Waals surface area contributed by atoms with E-state index in [0.717, 1.165) is 36.2 Å². The van der Waals surface area contributed by atoms with Crippen molar-refractivity contribution in [3.05, 3.63) is 42.0 Å². The maximum Gasteiger partial charge on any atom is 0.119 e. The van der Waals surface area contributed by atoms with Crippen LogP contribution in [0.2, 0.25) is 0 Å². The summed E-state index contributed by atoms with van der Waals surface area (Å²) in [7, 11) is 0. The molecule has 0 atom stereocenters. The second-order valence-electron chi connectivity index (χ2n) is 7.28. The van der Waals surface area contributed by atoms with E-state index in [0.29, 0.717) is 0 Å². The van der Waals surface area contributed by atoms with Crippen molar-refractivity contribution in [2.24, 2.45) is 11.8 Å². The van der Waals surface area contributed by atoms with Crippen molar-refractivity contribution in [2.45, 2.75) is 71.6 Å². The Hall–Kier alpha value is -1.68. The molecule has 0 amide bonds. The first-order chi connectivity index (χ1) is 12.3. The number of hydrogen-bond acceptors (Lipinski definition) is 1. The fourth-order valence-electron chi connectivity index (χ4n) is 3.56. The maximum atomic E-state index is 5.73. The molecule has 1 aromatic rings. The molecule has 25 heavy (non-hydrogen) atoms. The molecular formula is C24H34O. The molecular weight excluding hydrogens is 304 g/mol. The van der Waals surface area contributed by atoms with Gasteiger partial charge in [0, 0.05) is 5.56 Å². The van der Waals surface area contributed by atoms with Gasteiger partial charge in [-0.05, 0) is 74.3 Å². The van der Waals surface area contributed by atoms with Gasteiger partial charge in [0.2, 0.25) is 0 Å². The SMILES string of the molecule is CCCCCOc1ccc(C#C/C=C/C2CCC(CCC)CC2)cc1. The zero-order valence-corrected chi connectivity index (χ0v) is 16.1. The Morgan fingerprint density at radius 2 is 1.76 bits per heavy atom. The normalized spacial score (nSPS) is 20.2. The Labute approximate surface area is 154 Å². The van der Waals surface area contributed by atoms with Crippen molar-refractivity contribution in [2.75, 3.05) is 6.61 Å². The Balaban J connectivity index is 1.72. The molecule has 136 valence electrons. The van der Waals surface area contributed by atoms with Gasteiger partial charge in [-0.25, -0.2) is 0 Å². The highest BCUT2D eigenvalue weighted by molar-refractivity contribution is 5.40. The third-order valence-corrected chi connectivity index (χ3v) is 5.13. The highest BCUT2D eigenvalue weighted by Crippen LogP contribution is 2.32. The fourth-order valence-corrected chi connectivity index (χ4v) is 3.56. The first kappa shape index (κ1) is 19.6. The highest BCUT2D eigenvalue weighted by atomic mass is 16.5. The van der Waals surface area contributed by atoms with Crippen LogP contribution in [0.5, 0.6) is 5.75 Å². The molecule has 1 aliphatic rings. The summed E-state index contributed by atoms with van der Waals surface area (Å²) >= 11 is 0. The third-order valence-electron chi connectivity index (χ3n) is 5.13. The van der Waals surface area contributed by atoms with E-state index in [1.807, 2.05) is 24.3 Å². The van der Waals surface area contributed by atoms with Crippen LogP contribution in [0.4, 0.5) is 0 Å². The van der Waals surface area contributed by atoms with Gasteiger partial charge in [0.15, 0.2) is 0 Å². The molecule has 1 aromatic carbocycles. The Morgan fingerprint density at radius 3 is 2.44 bits per heavy atom. The van der Waals surface area contributed by atoms with Crippen LogP contribution in [0.1, 0.15) is 77.2 Å². The highest BCUT2D eigenvalue weighted by Gasteiger charge is 2.18. The predicted octanol–water partition coefficient (Wildman–Crippen LogP) is 6.77. The van der Waals surface area contributed by atoms with Crippen LogP contribution in [0.15, 0.2) is 36.4 Å². The Bertz CT molecular complexity index is 550. The molecule has 0 saturated heterocycles. The molecule has 0 aromatic heterocycles. The summed E-state index contributed by atoms with van der Waals surface area (Å²) < 4.78 is 5.73. The average Bonchev–Trinajstić information content (AvgIpc) is 2.65. The van der Waals surface area contributed by atoms with Crippen LogP contribution in [0, 0.1) is 23.7 Å². The number of benzene rings is 1. The summed E-state index contributed by atoms with van der Waals surface area (Å²) in [5.41, 5.74) is 1.05. The van der Waals surface area contributed by atoms with E-state index in [-0.39, 0.29) is 0 Å². The number of unbranched alkanes of at least 4 members (excludes halogenated alkanes) is 2. The van der Waals surface area contributed by atoms with Crippen LogP contribution < -0.4 is 4.74 Å². The monoisotopic (exact) mass is 338 g/mol. The molecule has 2 rings (SSSR count). The molecule has 0 bridgehead atoms. The summed E-state index contributed by atoms with van der Waals surface area (Å²) in [6.07, 6.45) is 16.2. The van der Waals surface area contributed by atoms with Crippen molar-refractivity contribution in [3.63, 3.8) is 0 Å². The third kappa shape index (κ3) is 7.82. The van der Waals surface area contributed by atoms with Gasteiger partial charge in [-0.15, -0.1) is 0 Å². The summed E-state index contributed by atoms with van der Waals surface area (Å²) in [6.45, 7) is 5.31. The molecule has 0 aliphatic heterocycles. The summed E-state index contributed by atoms with van der Waals surface area (Å²) in [5, 5.41) is 0. The maximum absolute atomic E-state index is 5.73. The first-order valence-corrected chi connectivity index (χ1v) is 10.2. The van der Waals surface area contributed by atoms with Gasteiger partial charge in [0.1, 0.15) is 5.75 Å². The molecule has 1 heteroatoms. The van der Waals surface area contributed by atoms with Crippen LogP contribution >= 0.6 is 0 Å².